The maximum atomic E-state index is 13.0. The summed E-state index contributed by atoms with van der Waals surface area (Å²) < 4.78 is 53.0. The lowest BCUT2D eigenvalue weighted by atomic mass is 10.2. The lowest BCUT2D eigenvalue weighted by Gasteiger charge is -2.10. The summed E-state index contributed by atoms with van der Waals surface area (Å²) in [7, 11) is 0. The van der Waals surface area contributed by atoms with Gasteiger partial charge < -0.3 is 10.6 Å². The van der Waals surface area contributed by atoms with E-state index in [9.17, 15) is 22.4 Å². The first kappa shape index (κ1) is 19.4. The van der Waals surface area contributed by atoms with Gasteiger partial charge >= 0.3 is 6.18 Å². The first-order valence-corrected chi connectivity index (χ1v) is 8.79. The standard InChI is InChI=1S/C21H14F4N4O/c22-14-6-4-13(5-7-14)20(30)27-16-10-8-15(9-11-16)26-18-2-1-3-19-28-17(12-29(18)19)21(23,24)25/h1-12,26H,(H,27,30). The van der Waals surface area contributed by atoms with Gasteiger partial charge in [0.2, 0.25) is 0 Å². The van der Waals surface area contributed by atoms with E-state index < -0.39 is 23.6 Å². The van der Waals surface area contributed by atoms with Crippen LogP contribution in [0.15, 0.2) is 72.9 Å². The second-order valence-corrected chi connectivity index (χ2v) is 6.43. The molecule has 0 saturated carbocycles. The van der Waals surface area contributed by atoms with E-state index in [1.165, 1.54) is 34.7 Å². The molecule has 0 aliphatic rings. The van der Waals surface area contributed by atoms with E-state index in [0.29, 0.717) is 22.8 Å². The van der Waals surface area contributed by atoms with Gasteiger partial charge in [0, 0.05) is 23.1 Å². The Morgan fingerprint density at radius 3 is 2.23 bits per heavy atom. The second kappa shape index (κ2) is 7.51. The molecule has 4 aromatic rings. The van der Waals surface area contributed by atoms with Crippen molar-refractivity contribution in [2.75, 3.05) is 10.6 Å². The van der Waals surface area contributed by atoms with Crippen molar-refractivity contribution < 1.29 is 22.4 Å². The highest BCUT2D eigenvalue weighted by Crippen LogP contribution is 2.30. The van der Waals surface area contributed by atoms with Gasteiger partial charge in [0.25, 0.3) is 5.91 Å². The molecule has 0 spiro atoms. The van der Waals surface area contributed by atoms with E-state index in [0.717, 1.165) is 6.20 Å². The lowest BCUT2D eigenvalue weighted by molar-refractivity contribution is -0.140. The van der Waals surface area contributed by atoms with Gasteiger partial charge in [0.1, 0.15) is 17.3 Å². The highest BCUT2D eigenvalue weighted by molar-refractivity contribution is 6.04. The average Bonchev–Trinajstić information content (AvgIpc) is 3.16. The SMILES string of the molecule is O=C(Nc1ccc(Nc2cccc3nc(C(F)(F)F)cn23)cc1)c1ccc(F)cc1. The number of anilines is 3. The summed E-state index contributed by atoms with van der Waals surface area (Å²) in [5, 5.41) is 5.72. The van der Waals surface area contributed by atoms with Crippen molar-refractivity contribution >= 4 is 28.7 Å². The summed E-state index contributed by atoms with van der Waals surface area (Å²) in [4.78, 5) is 15.8. The number of fused-ring (bicyclic) bond motifs is 1. The normalized spacial score (nSPS) is 11.5. The summed E-state index contributed by atoms with van der Waals surface area (Å²) in [5.41, 5.74) is 0.608. The Balaban J connectivity index is 1.50. The fourth-order valence-electron chi connectivity index (χ4n) is 2.84. The zero-order valence-corrected chi connectivity index (χ0v) is 15.2. The van der Waals surface area contributed by atoms with E-state index in [2.05, 4.69) is 15.6 Å². The van der Waals surface area contributed by atoms with Crippen molar-refractivity contribution in [1.29, 1.82) is 0 Å². The van der Waals surface area contributed by atoms with Gasteiger partial charge in [0.05, 0.1) is 0 Å². The van der Waals surface area contributed by atoms with E-state index in [1.54, 1.807) is 36.4 Å². The van der Waals surface area contributed by atoms with Crippen LogP contribution in [0.25, 0.3) is 5.65 Å². The molecule has 0 aliphatic heterocycles. The lowest BCUT2D eigenvalue weighted by Crippen LogP contribution is -2.11. The molecular weight excluding hydrogens is 400 g/mol. The molecule has 2 heterocycles. The first-order valence-electron chi connectivity index (χ1n) is 8.79. The summed E-state index contributed by atoms with van der Waals surface area (Å²) in [6.07, 6.45) is -3.61. The Kier molecular flexibility index (Phi) is 4.86. The van der Waals surface area contributed by atoms with Gasteiger partial charge in [-0.15, -0.1) is 0 Å². The van der Waals surface area contributed by atoms with Crippen molar-refractivity contribution in [1.82, 2.24) is 9.38 Å². The average molecular weight is 414 g/mol. The Hall–Kier alpha value is -3.88. The maximum absolute atomic E-state index is 13.0. The van der Waals surface area contributed by atoms with Crippen LogP contribution < -0.4 is 10.6 Å². The number of nitrogens with one attached hydrogen (secondary N) is 2. The fourth-order valence-corrected chi connectivity index (χ4v) is 2.84. The van der Waals surface area contributed by atoms with Crippen LogP contribution in [0.5, 0.6) is 0 Å². The van der Waals surface area contributed by atoms with Crippen molar-refractivity contribution in [2.45, 2.75) is 6.18 Å². The number of carbonyl (C=O) groups excluding carboxylic acids is 1. The Labute approximate surface area is 168 Å². The van der Waals surface area contributed by atoms with Crippen LogP contribution in [0.2, 0.25) is 0 Å². The van der Waals surface area contributed by atoms with Crippen molar-refractivity contribution in [3.63, 3.8) is 0 Å². The van der Waals surface area contributed by atoms with Gasteiger partial charge in [-0.3, -0.25) is 9.20 Å². The molecule has 0 unspecified atom stereocenters. The van der Waals surface area contributed by atoms with Crippen LogP contribution >= 0.6 is 0 Å². The summed E-state index contributed by atoms with van der Waals surface area (Å²) in [6, 6.07) is 16.5. The zero-order valence-electron chi connectivity index (χ0n) is 15.2. The molecule has 0 aliphatic carbocycles. The molecule has 2 aromatic carbocycles. The smallest absolute Gasteiger partial charge is 0.341 e. The number of nitrogens with zero attached hydrogens (tertiary/aromatic N) is 2. The molecule has 0 bridgehead atoms. The highest BCUT2D eigenvalue weighted by Gasteiger charge is 2.34. The van der Waals surface area contributed by atoms with Crippen LogP contribution in [0, 0.1) is 5.82 Å². The number of imidazole rings is 1. The number of carbonyl (C=O) groups is 1. The zero-order chi connectivity index (χ0) is 21.3. The molecule has 0 saturated heterocycles. The Morgan fingerprint density at radius 1 is 0.900 bits per heavy atom. The molecular formula is C21H14F4N4O. The van der Waals surface area contributed by atoms with Gasteiger partial charge in [-0.05, 0) is 60.7 Å². The molecule has 2 N–H and O–H groups in total. The number of hydrogen-bond donors (Lipinski definition) is 2. The minimum Gasteiger partial charge on any atom is -0.341 e. The molecule has 152 valence electrons. The number of rotatable bonds is 4. The number of hydrogen-bond acceptors (Lipinski definition) is 3. The number of benzene rings is 2. The second-order valence-electron chi connectivity index (χ2n) is 6.43. The maximum Gasteiger partial charge on any atom is 0.434 e. The van der Waals surface area contributed by atoms with Crippen molar-refractivity contribution in [3.8, 4) is 0 Å². The van der Waals surface area contributed by atoms with E-state index in [1.807, 2.05) is 0 Å². The van der Waals surface area contributed by atoms with Crippen LogP contribution in [0.4, 0.5) is 34.8 Å². The molecule has 5 nitrogen and oxygen atoms in total. The molecule has 30 heavy (non-hydrogen) atoms. The third-order valence-corrected chi connectivity index (χ3v) is 4.30. The predicted octanol–water partition coefficient (Wildman–Crippen LogP) is 5.49. The molecule has 9 heteroatoms. The van der Waals surface area contributed by atoms with Gasteiger partial charge in [0.15, 0.2) is 5.69 Å². The third kappa shape index (κ3) is 4.09. The predicted molar refractivity (Wildman–Crippen MR) is 104 cm³/mol. The molecule has 0 fully saturated rings. The number of amides is 1. The number of halogens is 4. The fraction of sp³-hybridized carbons (Fsp3) is 0.0476. The van der Waals surface area contributed by atoms with Crippen LogP contribution in [-0.4, -0.2) is 15.3 Å². The highest BCUT2D eigenvalue weighted by atomic mass is 19.4. The van der Waals surface area contributed by atoms with Crippen molar-refractivity contribution in [2.24, 2.45) is 0 Å². The summed E-state index contributed by atoms with van der Waals surface area (Å²) >= 11 is 0. The minimum absolute atomic E-state index is 0.163. The quantitative estimate of drug-likeness (QED) is 0.434. The largest absolute Gasteiger partial charge is 0.434 e. The summed E-state index contributed by atoms with van der Waals surface area (Å²) in [6.45, 7) is 0. The summed E-state index contributed by atoms with van der Waals surface area (Å²) in [5.74, 6) is -0.422. The Bertz CT molecular complexity index is 1200. The topological polar surface area (TPSA) is 58.4 Å². The first-order chi connectivity index (χ1) is 14.3. The number of aromatic nitrogens is 2. The van der Waals surface area contributed by atoms with Gasteiger partial charge in [-0.25, -0.2) is 9.37 Å². The number of alkyl halides is 3. The Morgan fingerprint density at radius 2 is 1.57 bits per heavy atom. The molecule has 0 radical (unpaired) electrons. The minimum atomic E-state index is -4.53. The van der Waals surface area contributed by atoms with Gasteiger partial charge in [-0.1, -0.05) is 6.07 Å². The van der Waals surface area contributed by atoms with E-state index in [-0.39, 0.29) is 5.65 Å². The van der Waals surface area contributed by atoms with Crippen LogP contribution in [-0.2, 0) is 6.18 Å². The van der Waals surface area contributed by atoms with Gasteiger partial charge in [-0.2, -0.15) is 13.2 Å². The molecule has 4 rings (SSSR count). The molecule has 2 aromatic heterocycles. The van der Waals surface area contributed by atoms with E-state index >= 15 is 0 Å². The number of pyridine rings is 1. The van der Waals surface area contributed by atoms with Crippen molar-refractivity contribution in [3.05, 3.63) is 90.0 Å². The molecule has 0 atom stereocenters. The van der Waals surface area contributed by atoms with Crippen LogP contribution in [0.3, 0.4) is 0 Å². The monoisotopic (exact) mass is 414 g/mol. The van der Waals surface area contributed by atoms with Crippen LogP contribution in [0.1, 0.15) is 16.1 Å². The molecule has 1 amide bonds. The third-order valence-electron chi connectivity index (χ3n) is 4.30. The van der Waals surface area contributed by atoms with E-state index in [4.69, 9.17) is 0 Å².